The van der Waals surface area contributed by atoms with Gasteiger partial charge in [0.1, 0.15) is 0 Å². The van der Waals surface area contributed by atoms with Crippen LogP contribution in [0.15, 0.2) is 0 Å². The molecule has 0 aromatic heterocycles. The summed E-state index contributed by atoms with van der Waals surface area (Å²) in [6.07, 6.45) is 5.67. The minimum Gasteiger partial charge on any atom is -0.352 e. The fourth-order valence-electron chi connectivity index (χ4n) is 2.77. The van der Waals surface area contributed by atoms with Crippen LogP contribution in [0, 0.1) is 5.92 Å². The average molecular weight is 253 g/mol. The molecule has 2 aliphatic rings. The first-order chi connectivity index (χ1) is 8.56. The molecule has 104 valence electrons. The maximum atomic E-state index is 11.9. The molecule has 1 aliphatic heterocycles. The summed E-state index contributed by atoms with van der Waals surface area (Å²) in [6, 6.07) is 0.849. The van der Waals surface area contributed by atoms with Crippen molar-refractivity contribution in [3.05, 3.63) is 0 Å². The van der Waals surface area contributed by atoms with Crippen molar-refractivity contribution in [2.45, 2.75) is 64.1 Å². The molecule has 4 heteroatoms. The average Bonchev–Trinajstić information content (AvgIpc) is 3.13. The summed E-state index contributed by atoms with van der Waals surface area (Å²) >= 11 is 0. The maximum absolute atomic E-state index is 11.9. The van der Waals surface area contributed by atoms with Crippen LogP contribution in [0.2, 0.25) is 0 Å². The summed E-state index contributed by atoms with van der Waals surface area (Å²) in [4.78, 5) is 14.5. The molecule has 0 radical (unpaired) electrons. The van der Waals surface area contributed by atoms with Crippen molar-refractivity contribution < 1.29 is 4.79 Å². The summed E-state index contributed by atoms with van der Waals surface area (Å²) in [5.41, 5.74) is 5.90. The zero-order chi connectivity index (χ0) is 13.1. The van der Waals surface area contributed by atoms with Crippen LogP contribution >= 0.6 is 0 Å². The Hall–Kier alpha value is -0.610. The molecule has 18 heavy (non-hydrogen) atoms. The number of piperidine rings is 1. The zero-order valence-electron chi connectivity index (χ0n) is 11.7. The molecule has 1 aliphatic carbocycles. The van der Waals surface area contributed by atoms with E-state index >= 15 is 0 Å². The van der Waals surface area contributed by atoms with E-state index in [0.717, 1.165) is 38.4 Å². The topological polar surface area (TPSA) is 58.4 Å². The van der Waals surface area contributed by atoms with Gasteiger partial charge in [-0.25, -0.2) is 0 Å². The molecule has 0 bridgehead atoms. The largest absolute Gasteiger partial charge is 0.352 e. The lowest BCUT2D eigenvalue weighted by Crippen LogP contribution is -2.50. The van der Waals surface area contributed by atoms with Gasteiger partial charge in [-0.1, -0.05) is 13.8 Å². The molecular formula is C14H27N3O. The molecule has 1 saturated heterocycles. The first kappa shape index (κ1) is 13.8. The van der Waals surface area contributed by atoms with E-state index in [-0.39, 0.29) is 11.9 Å². The van der Waals surface area contributed by atoms with Crippen molar-refractivity contribution in [1.82, 2.24) is 10.2 Å². The van der Waals surface area contributed by atoms with Crippen molar-refractivity contribution in [3.63, 3.8) is 0 Å². The highest BCUT2D eigenvalue weighted by Crippen LogP contribution is 2.29. The highest BCUT2D eigenvalue weighted by molar-refractivity contribution is 5.81. The van der Waals surface area contributed by atoms with Crippen LogP contribution in [0.25, 0.3) is 0 Å². The molecule has 3 N–H and O–H groups in total. The molecule has 4 nitrogen and oxygen atoms in total. The van der Waals surface area contributed by atoms with Crippen molar-refractivity contribution >= 4 is 5.91 Å². The van der Waals surface area contributed by atoms with Gasteiger partial charge in [0, 0.05) is 25.2 Å². The van der Waals surface area contributed by atoms with Crippen LogP contribution in [0.5, 0.6) is 0 Å². The minimum atomic E-state index is -0.341. The highest BCUT2D eigenvalue weighted by Gasteiger charge is 2.32. The van der Waals surface area contributed by atoms with Crippen LogP contribution < -0.4 is 11.1 Å². The Morgan fingerprint density at radius 2 is 1.89 bits per heavy atom. The molecule has 1 saturated carbocycles. The predicted octanol–water partition coefficient (Wildman–Crippen LogP) is 1.10. The van der Waals surface area contributed by atoms with Crippen LogP contribution in [0.4, 0.5) is 0 Å². The number of nitrogens with two attached hydrogens (primary N) is 1. The Morgan fingerprint density at radius 1 is 1.28 bits per heavy atom. The quantitative estimate of drug-likeness (QED) is 0.771. The van der Waals surface area contributed by atoms with Crippen LogP contribution in [-0.2, 0) is 4.79 Å². The number of likely N-dealkylation sites (tertiary alicyclic amines) is 1. The number of rotatable bonds is 5. The van der Waals surface area contributed by atoms with Gasteiger partial charge in [0.05, 0.1) is 6.04 Å². The fraction of sp³-hybridized carbons (Fsp3) is 0.929. The van der Waals surface area contributed by atoms with Gasteiger partial charge in [-0.2, -0.15) is 0 Å². The van der Waals surface area contributed by atoms with E-state index in [9.17, 15) is 4.79 Å². The van der Waals surface area contributed by atoms with Gasteiger partial charge in [-0.3, -0.25) is 4.79 Å². The third-order valence-electron chi connectivity index (χ3n) is 4.00. The number of carbonyl (C=O) groups excluding carboxylic acids is 1. The number of hydrogen-bond acceptors (Lipinski definition) is 3. The van der Waals surface area contributed by atoms with E-state index < -0.39 is 0 Å². The summed E-state index contributed by atoms with van der Waals surface area (Å²) in [6.45, 7) is 6.46. The number of amides is 1. The van der Waals surface area contributed by atoms with E-state index in [2.05, 4.69) is 24.1 Å². The van der Waals surface area contributed by atoms with Crippen molar-refractivity contribution in [1.29, 1.82) is 0 Å². The van der Waals surface area contributed by atoms with Crippen molar-refractivity contribution in [2.24, 2.45) is 11.7 Å². The lowest BCUT2D eigenvalue weighted by molar-refractivity contribution is -0.123. The van der Waals surface area contributed by atoms with Crippen LogP contribution in [0.1, 0.15) is 46.0 Å². The van der Waals surface area contributed by atoms with E-state index in [1.165, 1.54) is 12.8 Å². The normalized spacial score (nSPS) is 24.2. The lowest BCUT2D eigenvalue weighted by Gasteiger charge is -2.33. The molecule has 0 spiro atoms. The third kappa shape index (κ3) is 3.95. The molecule has 2 rings (SSSR count). The van der Waals surface area contributed by atoms with Gasteiger partial charge < -0.3 is 16.0 Å². The Balaban J connectivity index is 1.68. The first-order valence-corrected chi connectivity index (χ1v) is 7.36. The second kappa shape index (κ2) is 6.02. The molecule has 0 aromatic carbocycles. The van der Waals surface area contributed by atoms with Crippen molar-refractivity contribution in [2.75, 3.05) is 13.1 Å². The number of carbonyl (C=O) groups is 1. The van der Waals surface area contributed by atoms with Crippen molar-refractivity contribution in [3.8, 4) is 0 Å². The smallest absolute Gasteiger partial charge is 0.237 e. The molecule has 1 amide bonds. The number of nitrogens with zero attached hydrogens (tertiary/aromatic N) is 1. The number of hydrogen-bond donors (Lipinski definition) is 2. The Kier molecular flexibility index (Phi) is 4.62. The third-order valence-corrected chi connectivity index (χ3v) is 4.00. The Morgan fingerprint density at radius 3 is 2.39 bits per heavy atom. The van der Waals surface area contributed by atoms with Crippen LogP contribution in [-0.4, -0.2) is 42.0 Å². The predicted molar refractivity (Wildman–Crippen MR) is 73.2 cm³/mol. The minimum absolute atomic E-state index is 0.0357. The molecule has 0 aromatic rings. The zero-order valence-corrected chi connectivity index (χ0v) is 11.7. The first-order valence-electron chi connectivity index (χ1n) is 7.36. The van der Waals surface area contributed by atoms with Crippen LogP contribution in [0.3, 0.4) is 0 Å². The molecule has 1 atom stereocenters. The van der Waals surface area contributed by atoms with E-state index in [1.807, 2.05) is 0 Å². The second-order valence-corrected chi connectivity index (χ2v) is 6.29. The molecule has 1 unspecified atom stereocenters. The van der Waals surface area contributed by atoms with E-state index in [0.29, 0.717) is 12.0 Å². The van der Waals surface area contributed by atoms with Gasteiger partial charge in [0.25, 0.3) is 0 Å². The highest BCUT2D eigenvalue weighted by atomic mass is 16.2. The second-order valence-electron chi connectivity index (χ2n) is 6.29. The molecule has 1 heterocycles. The Bertz CT molecular complexity index is 281. The maximum Gasteiger partial charge on any atom is 0.237 e. The standard InChI is InChI=1S/C14H27N3O/c1-10(2)9-13(15)14(18)16-11-5-7-17(8-6-11)12-3-4-12/h10-13H,3-9,15H2,1-2H3,(H,16,18). The van der Waals surface area contributed by atoms with E-state index in [1.54, 1.807) is 0 Å². The molecular weight excluding hydrogens is 226 g/mol. The lowest BCUT2D eigenvalue weighted by atomic mass is 10.0. The van der Waals surface area contributed by atoms with Gasteiger partial charge >= 0.3 is 0 Å². The summed E-state index contributed by atoms with van der Waals surface area (Å²) < 4.78 is 0. The fourth-order valence-corrected chi connectivity index (χ4v) is 2.77. The summed E-state index contributed by atoms with van der Waals surface area (Å²) in [5, 5.41) is 3.11. The molecule has 2 fully saturated rings. The van der Waals surface area contributed by atoms with Gasteiger partial charge in [-0.05, 0) is 38.0 Å². The monoisotopic (exact) mass is 253 g/mol. The Labute approximate surface area is 110 Å². The van der Waals surface area contributed by atoms with Gasteiger partial charge in [0.15, 0.2) is 0 Å². The SMILES string of the molecule is CC(C)CC(N)C(=O)NC1CCN(C2CC2)CC1. The number of nitrogens with one attached hydrogen (secondary N) is 1. The van der Waals surface area contributed by atoms with Gasteiger partial charge in [-0.15, -0.1) is 0 Å². The van der Waals surface area contributed by atoms with E-state index in [4.69, 9.17) is 5.73 Å². The summed E-state index contributed by atoms with van der Waals surface area (Å²) in [5.74, 6) is 0.510. The van der Waals surface area contributed by atoms with Gasteiger partial charge in [0.2, 0.25) is 5.91 Å². The summed E-state index contributed by atoms with van der Waals surface area (Å²) in [7, 11) is 0.